The number of benzene rings is 1. The van der Waals surface area contributed by atoms with E-state index in [1.54, 1.807) is 24.0 Å². The van der Waals surface area contributed by atoms with Gasteiger partial charge < -0.3 is 15.0 Å². The first-order valence-electron chi connectivity index (χ1n) is 9.12. The number of nitrogens with one attached hydrogen (secondary N) is 1. The molecule has 0 aromatic heterocycles. The van der Waals surface area contributed by atoms with Crippen LogP contribution in [0, 0.1) is 5.92 Å². The molecule has 1 aromatic carbocycles. The molecule has 0 radical (unpaired) electrons. The first-order chi connectivity index (χ1) is 13.7. The number of carbonyl (C=O) groups is 4. The first kappa shape index (κ1) is 21.4. The van der Waals surface area contributed by atoms with Crippen LogP contribution in [-0.4, -0.2) is 60.4 Å². The van der Waals surface area contributed by atoms with Gasteiger partial charge in [-0.2, -0.15) is 0 Å². The van der Waals surface area contributed by atoms with E-state index in [9.17, 15) is 19.2 Å². The summed E-state index contributed by atoms with van der Waals surface area (Å²) in [5.74, 6) is -1.42. The van der Waals surface area contributed by atoms with Crippen LogP contribution in [-0.2, 0) is 24.7 Å². The minimum atomic E-state index is -1.34. The third kappa shape index (κ3) is 4.04. The highest BCUT2D eigenvalue weighted by molar-refractivity contribution is 6.42. The molecule has 0 bridgehead atoms. The van der Waals surface area contributed by atoms with Gasteiger partial charge in [-0.25, -0.2) is 4.79 Å². The Morgan fingerprint density at radius 3 is 2.45 bits per heavy atom. The number of esters is 1. The molecule has 10 heteroatoms. The number of halogens is 2. The van der Waals surface area contributed by atoms with E-state index < -0.39 is 17.5 Å². The van der Waals surface area contributed by atoms with Crippen LogP contribution in [0.3, 0.4) is 0 Å². The molecule has 2 aliphatic rings. The zero-order valence-electron chi connectivity index (χ0n) is 16.0. The average molecular weight is 442 g/mol. The molecule has 4 amide bonds. The molecule has 2 fully saturated rings. The van der Waals surface area contributed by atoms with Gasteiger partial charge in [-0.05, 0) is 37.5 Å². The summed E-state index contributed by atoms with van der Waals surface area (Å²) in [6.45, 7) is 1.92. The first-order valence-corrected chi connectivity index (χ1v) is 9.88. The van der Waals surface area contributed by atoms with Crippen LogP contribution >= 0.6 is 23.2 Å². The van der Waals surface area contributed by atoms with Crippen molar-refractivity contribution < 1.29 is 23.9 Å². The van der Waals surface area contributed by atoms with Gasteiger partial charge in [-0.1, -0.05) is 29.3 Å². The number of nitrogens with zero attached hydrogens (tertiary/aromatic N) is 2. The van der Waals surface area contributed by atoms with Gasteiger partial charge in [-0.15, -0.1) is 0 Å². The van der Waals surface area contributed by atoms with Gasteiger partial charge in [0.1, 0.15) is 12.1 Å². The molecule has 1 N–H and O–H groups in total. The number of rotatable bonds is 4. The fraction of sp³-hybridized carbons (Fsp3) is 0.474. The number of amides is 4. The Morgan fingerprint density at radius 2 is 1.86 bits per heavy atom. The Hall–Kier alpha value is -2.32. The molecule has 8 nitrogen and oxygen atoms in total. The number of piperidine rings is 1. The zero-order chi connectivity index (χ0) is 21.3. The number of urea groups is 1. The summed E-state index contributed by atoms with van der Waals surface area (Å²) in [5, 5.41) is 3.23. The van der Waals surface area contributed by atoms with Gasteiger partial charge in [-0.3, -0.25) is 19.3 Å². The van der Waals surface area contributed by atoms with Crippen molar-refractivity contribution >= 4 is 47.0 Å². The fourth-order valence-corrected chi connectivity index (χ4v) is 3.91. The van der Waals surface area contributed by atoms with Crippen LogP contribution in [0.1, 0.15) is 25.3 Å². The standard InChI is InChI=1S/C19H21Cl2N3O5/c1-19(12-3-4-13(20)14(21)9-12)17(27)24(18(28)22-19)10-15(25)23-7-5-11(6-8-23)16(26)29-2/h3-4,9,11H,5-8,10H2,1-2H3,(H,22,28)/t19-/m1/s1. The van der Waals surface area contributed by atoms with Crippen molar-refractivity contribution in [2.75, 3.05) is 26.7 Å². The van der Waals surface area contributed by atoms with Crippen molar-refractivity contribution in [3.8, 4) is 0 Å². The highest BCUT2D eigenvalue weighted by atomic mass is 35.5. The molecule has 0 aliphatic carbocycles. The summed E-state index contributed by atoms with van der Waals surface area (Å²) in [6, 6.07) is 4.02. The van der Waals surface area contributed by atoms with E-state index in [2.05, 4.69) is 5.32 Å². The maximum atomic E-state index is 13.0. The van der Waals surface area contributed by atoms with Crippen LogP contribution in [0.5, 0.6) is 0 Å². The number of ether oxygens (including phenoxy) is 1. The van der Waals surface area contributed by atoms with E-state index in [0.717, 1.165) is 4.90 Å². The molecule has 156 valence electrons. The van der Waals surface area contributed by atoms with Gasteiger partial charge >= 0.3 is 12.0 Å². The zero-order valence-corrected chi connectivity index (χ0v) is 17.5. The predicted molar refractivity (Wildman–Crippen MR) is 105 cm³/mol. The van der Waals surface area contributed by atoms with Crippen molar-refractivity contribution in [1.82, 2.24) is 15.1 Å². The largest absolute Gasteiger partial charge is 0.469 e. The van der Waals surface area contributed by atoms with E-state index in [0.29, 0.717) is 36.5 Å². The Balaban J connectivity index is 1.68. The van der Waals surface area contributed by atoms with E-state index >= 15 is 0 Å². The van der Waals surface area contributed by atoms with E-state index in [1.165, 1.54) is 13.2 Å². The quantitative estimate of drug-likeness (QED) is 0.570. The summed E-state index contributed by atoms with van der Waals surface area (Å²) in [4.78, 5) is 52.1. The number of hydrogen-bond acceptors (Lipinski definition) is 5. The van der Waals surface area contributed by atoms with Crippen LogP contribution in [0.15, 0.2) is 18.2 Å². The summed E-state index contributed by atoms with van der Waals surface area (Å²) < 4.78 is 4.74. The number of imide groups is 1. The molecule has 0 unspecified atom stereocenters. The Bertz CT molecular complexity index is 869. The van der Waals surface area contributed by atoms with Gasteiger partial charge in [0.2, 0.25) is 5.91 Å². The second kappa shape index (κ2) is 8.20. The maximum Gasteiger partial charge on any atom is 0.325 e. The van der Waals surface area contributed by atoms with Crippen LogP contribution in [0.2, 0.25) is 10.0 Å². The minimum Gasteiger partial charge on any atom is -0.469 e. The molecule has 0 saturated carbocycles. The fourth-order valence-electron chi connectivity index (χ4n) is 3.61. The van der Waals surface area contributed by atoms with Gasteiger partial charge in [0, 0.05) is 13.1 Å². The summed E-state index contributed by atoms with van der Waals surface area (Å²) in [5.41, 5.74) is -0.872. The molecular weight excluding hydrogens is 421 g/mol. The minimum absolute atomic E-state index is 0.237. The van der Waals surface area contributed by atoms with Crippen molar-refractivity contribution in [2.24, 2.45) is 5.92 Å². The van der Waals surface area contributed by atoms with Crippen molar-refractivity contribution in [3.63, 3.8) is 0 Å². The van der Waals surface area contributed by atoms with E-state index in [4.69, 9.17) is 27.9 Å². The van der Waals surface area contributed by atoms with Gasteiger partial charge in [0.15, 0.2) is 0 Å². The predicted octanol–water partition coefficient (Wildman–Crippen LogP) is 2.17. The average Bonchev–Trinajstić information content (AvgIpc) is 2.93. The maximum absolute atomic E-state index is 13.0. The topological polar surface area (TPSA) is 96.0 Å². The number of likely N-dealkylation sites (tertiary alicyclic amines) is 1. The van der Waals surface area contributed by atoms with E-state index in [1.807, 2.05) is 0 Å². The highest BCUT2D eigenvalue weighted by Crippen LogP contribution is 2.33. The number of carbonyl (C=O) groups excluding carboxylic acids is 4. The SMILES string of the molecule is COC(=O)C1CCN(C(=O)CN2C(=O)N[C@](C)(c3ccc(Cl)c(Cl)c3)C2=O)CC1. The van der Waals surface area contributed by atoms with Crippen molar-refractivity contribution in [2.45, 2.75) is 25.3 Å². The number of hydrogen-bond donors (Lipinski definition) is 1. The second-order valence-corrected chi connectivity index (χ2v) is 8.07. The Morgan fingerprint density at radius 1 is 1.21 bits per heavy atom. The van der Waals surface area contributed by atoms with E-state index in [-0.39, 0.29) is 29.4 Å². The molecule has 29 heavy (non-hydrogen) atoms. The molecule has 1 atom stereocenters. The molecule has 3 rings (SSSR count). The van der Waals surface area contributed by atoms with Gasteiger partial charge in [0.25, 0.3) is 5.91 Å². The lowest BCUT2D eigenvalue weighted by atomic mass is 9.92. The van der Waals surface area contributed by atoms with Crippen LogP contribution in [0.4, 0.5) is 4.79 Å². The Labute approximate surface area is 178 Å². The smallest absolute Gasteiger partial charge is 0.325 e. The lowest BCUT2D eigenvalue weighted by molar-refractivity contribution is -0.149. The lowest BCUT2D eigenvalue weighted by Gasteiger charge is -2.31. The molecule has 0 spiro atoms. The van der Waals surface area contributed by atoms with Crippen molar-refractivity contribution in [1.29, 1.82) is 0 Å². The molecular formula is C19H21Cl2N3O5. The normalized spacial score (nSPS) is 22.6. The lowest BCUT2D eigenvalue weighted by Crippen LogP contribution is -2.47. The monoisotopic (exact) mass is 441 g/mol. The highest BCUT2D eigenvalue weighted by Gasteiger charge is 2.50. The van der Waals surface area contributed by atoms with Crippen LogP contribution < -0.4 is 5.32 Å². The van der Waals surface area contributed by atoms with Crippen LogP contribution in [0.25, 0.3) is 0 Å². The van der Waals surface area contributed by atoms with Crippen molar-refractivity contribution in [3.05, 3.63) is 33.8 Å². The molecule has 1 aromatic rings. The third-order valence-corrected chi connectivity index (χ3v) is 6.19. The molecule has 2 aliphatic heterocycles. The molecule has 2 heterocycles. The number of methoxy groups -OCH3 is 1. The summed E-state index contributed by atoms with van der Waals surface area (Å²) in [6.07, 6.45) is 0.971. The second-order valence-electron chi connectivity index (χ2n) is 7.25. The Kier molecular flexibility index (Phi) is 6.05. The summed E-state index contributed by atoms with van der Waals surface area (Å²) in [7, 11) is 1.34. The third-order valence-electron chi connectivity index (χ3n) is 5.45. The van der Waals surface area contributed by atoms with Gasteiger partial charge in [0.05, 0.1) is 23.1 Å². The summed E-state index contributed by atoms with van der Waals surface area (Å²) >= 11 is 12.0. The molecule has 2 saturated heterocycles.